The summed E-state index contributed by atoms with van der Waals surface area (Å²) in [6, 6.07) is 17.5. The van der Waals surface area contributed by atoms with E-state index in [9.17, 15) is 8.42 Å². The molecule has 0 aromatic heterocycles. The third kappa shape index (κ3) is 3.24. The quantitative estimate of drug-likeness (QED) is 0.657. The van der Waals surface area contributed by atoms with Crippen LogP contribution in [0.4, 0.5) is 0 Å². The summed E-state index contributed by atoms with van der Waals surface area (Å²) in [6.45, 7) is 5.56. The average molecular weight is 337 g/mol. The minimum atomic E-state index is -3.72. The van der Waals surface area contributed by atoms with Crippen molar-refractivity contribution in [3.8, 4) is 0 Å². The normalized spacial score (nSPS) is 12.1. The SMILES string of the molecule is Cc1cc(C)c(S(=O)(=O)/N=C\c2ccc3ccccc3c2)c(C)c1. The maximum absolute atomic E-state index is 12.6. The van der Waals surface area contributed by atoms with Gasteiger partial charge in [0.2, 0.25) is 0 Å². The molecule has 0 spiro atoms. The van der Waals surface area contributed by atoms with E-state index in [1.165, 1.54) is 6.21 Å². The average Bonchev–Trinajstić information content (AvgIpc) is 2.51. The Morgan fingerprint density at radius 1 is 0.833 bits per heavy atom. The van der Waals surface area contributed by atoms with E-state index in [4.69, 9.17) is 0 Å². The minimum absolute atomic E-state index is 0.296. The van der Waals surface area contributed by atoms with Crippen molar-refractivity contribution in [2.75, 3.05) is 0 Å². The van der Waals surface area contributed by atoms with Crippen LogP contribution in [0.5, 0.6) is 0 Å². The van der Waals surface area contributed by atoms with E-state index in [0.29, 0.717) is 4.90 Å². The third-order valence-electron chi connectivity index (χ3n) is 3.98. The van der Waals surface area contributed by atoms with Crippen LogP contribution in [-0.2, 0) is 10.0 Å². The maximum Gasteiger partial charge on any atom is 0.282 e. The maximum atomic E-state index is 12.6. The smallest absolute Gasteiger partial charge is 0.199 e. The molecule has 4 heteroatoms. The zero-order chi connectivity index (χ0) is 17.3. The number of hydrogen-bond acceptors (Lipinski definition) is 2. The van der Waals surface area contributed by atoms with Crippen molar-refractivity contribution in [2.45, 2.75) is 25.7 Å². The second-order valence-electron chi connectivity index (χ2n) is 6.04. The van der Waals surface area contributed by atoms with Crippen molar-refractivity contribution in [2.24, 2.45) is 4.40 Å². The Morgan fingerprint density at radius 3 is 2.12 bits per heavy atom. The first-order valence-corrected chi connectivity index (χ1v) is 9.18. The van der Waals surface area contributed by atoms with E-state index >= 15 is 0 Å². The van der Waals surface area contributed by atoms with E-state index < -0.39 is 10.0 Å². The van der Waals surface area contributed by atoms with Gasteiger partial charge in [-0.15, -0.1) is 0 Å². The molecule has 0 radical (unpaired) electrons. The van der Waals surface area contributed by atoms with Gasteiger partial charge in [0.25, 0.3) is 10.0 Å². The standard InChI is InChI=1S/C20H19NO2S/c1-14-10-15(2)20(16(3)11-14)24(22,23)21-13-17-8-9-18-6-4-5-7-19(18)12-17/h4-13H,1-3H3/b21-13-. The van der Waals surface area contributed by atoms with Gasteiger partial charge >= 0.3 is 0 Å². The van der Waals surface area contributed by atoms with E-state index in [-0.39, 0.29) is 0 Å². The van der Waals surface area contributed by atoms with Gasteiger partial charge in [0.05, 0.1) is 4.90 Å². The van der Waals surface area contributed by atoms with E-state index in [2.05, 4.69) is 4.40 Å². The highest BCUT2D eigenvalue weighted by molar-refractivity contribution is 7.90. The van der Waals surface area contributed by atoms with Gasteiger partial charge in [-0.05, 0) is 54.3 Å². The largest absolute Gasteiger partial charge is 0.282 e. The summed E-state index contributed by atoms with van der Waals surface area (Å²) in [4.78, 5) is 0.296. The molecule has 122 valence electrons. The first kappa shape index (κ1) is 16.4. The summed E-state index contributed by atoms with van der Waals surface area (Å²) in [5, 5.41) is 2.17. The molecular weight excluding hydrogens is 318 g/mol. The lowest BCUT2D eigenvalue weighted by Gasteiger charge is -2.09. The molecule has 0 aliphatic rings. The zero-order valence-electron chi connectivity index (χ0n) is 13.9. The monoisotopic (exact) mass is 337 g/mol. The van der Waals surface area contributed by atoms with Gasteiger partial charge in [0.15, 0.2) is 0 Å². The molecule has 3 aromatic carbocycles. The Morgan fingerprint density at radius 2 is 1.46 bits per heavy atom. The van der Waals surface area contributed by atoms with Crippen LogP contribution >= 0.6 is 0 Å². The second kappa shape index (κ2) is 6.21. The van der Waals surface area contributed by atoms with Crippen LogP contribution in [0.15, 0.2) is 63.9 Å². The number of benzene rings is 3. The fraction of sp³-hybridized carbons (Fsp3) is 0.150. The number of nitrogens with zero attached hydrogens (tertiary/aromatic N) is 1. The molecule has 3 aromatic rings. The summed E-state index contributed by atoms with van der Waals surface area (Å²) in [6.07, 6.45) is 1.42. The Balaban J connectivity index is 2.00. The van der Waals surface area contributed by atoms with Gasteiger partial charge in [-0.1, -0.05) is 54.1 Å². The minimum Gasteiger partial charge on any atom is -0.199 e. The molecule has 0 heterocycles. The molecule has 3 nitrogen and oxygen atoms in total. The van der Waals surface area contributed by atoms with E-state index in [1.54, 1.807) is 13.8 Å². The highest BCUT2D eigenvalue weighted by Gasteiger charge is 2.18. The lowest BCUT2D eigenvalue weighted by molar-refractivity contribution is 0.597. The molecule has 0 saturated carbocycles. The van der Waals surface area contributed by atoms with Crippen LogP contribution in [0.1, 0.15) is 22.3 Å². The van der Waals surface area contributed by atoms with Gasteiger partial charge in [0, 0.05) is 6.21 Å². The van der Waals surface area contributed by atoms with Gasteiger partial charge in [-0.25, -0.2) is 0 Å². The van der Waals surface area contributed by atoms with Crippen LogP contribution in [0.3, 0.4) is 0 Å². The molecule has 3 rings (SSSR count). The molecule has 0 aliphatic carbocycles. The lowest BCUT2D eigenvalue weighted by atomic mass is 10.1. The Bertz CT molecular complexity index is 1030. The lowest BCUT2D eigenvalue weighted by Crippen LogP contribution is -2.04. The molecule has 0 N–H and O–H groups in total. The number of aryl methyl sites for hydroxylation is 3. The molecule has 0 amide bonds. The summed E-state index contributed by atoms with van der Waals surface area (Å²) in [5.41, 5.74) is 3.26. The van der Waals surface area contributed by atoms with Crippen molar-refractivity contribution < 1.29 is 8.42 Å². The molecule has 24 heavy (non-hydrogen) atoms. The van der Waals surface area contributed by atoms with Gasteiger partial charge in [0.1, 0.15) is 0 Å². The summed E-state index contributed by atoms with van der Waals surface area (Å²) in [7, 11) is -3.72. The van der Waals surface area contributed by atoms with Crippen LogP contribution in [-0.4, -0.2) is 14.6 Å². The Labute approximate surface area is 142 Å². The molecule has 0 atom stereocenters. The summed E-state index contributed by atoms with van der Waals surface area (Å²) >= 11 is 0. The van der Waals surface area contributed by atoms with Gasteiger partial charge in [-0.2, -0.15) is 12.8 Å². The van der Waals surface area contributed by atoms with Crippen molar-refractivity contribution in [3.05, 3.63) is 76.9 Å². The first-order chi connectivity index (χ1) is 11.4. The van der Waals surface area contributed by atoms with E-state index in [0.717, 1.165) is 33.0 Å². The highest BCUT2D eigenvalue weighted by Crippen LogP contribution is 2.23. The zero-order valence-corrected chi connectivity index (χ0v) is 14.8. The highest BCUT2D eigenvalue weighted by atomic mass is 32.2. The van der Waals surface area contributed by atoms with Crippen molar-refractivity contribution in [1.82, 2.24) is 0 Å². The predicted molar refractivity (Wildman–Crippen MR) is 99.4 cm³/mol. The predicted octanol–water partition coefficient (Wildman–Crippen LogP) is 4.57. The molecule has 0 bridgehead atoms. The van der Waals surface area contributed by atoms with Crippen LogP contribution in [0, 0.1) is 20.8 Å². The number of fused-ring (bicyclic) bond motifs is 1. The first-order valence-electron chi connectivity index (χ1n) is 7.74. The van der Waals surface area contributed by atoms with Crippen LogP contribution < -0.4 is 0 Å². The van der Waals surface area contributed by atoms with Gasteiger partial charge in [-0.3, -0.25) is 0 Å². The Kier molecular flexibility index (Phi) is 4.24. The van der Waals surface area contributed by atoms with E-state index in [1.807, 2.05) is 61.5 Å². The molecule has 0 aliphatic heterocycles. The molecule has 0 saturated heterocycles. The van der Waals surface area contributed by atoms with Crippen LogP contribution in [0.25, 0.3) is 10.8 Å². The van der Waals surface area contributed by atoms with Crippen molar-refractivity contribution in [1.29, 1.82) is 0 Å². The summed E-state index contributed by atoms with van der Waals surface area (Å²) < 4.78 is 29.2. The second-order valence-corrected chi connectivity index (χ2v) is 7.61. The van der Waals surface area contributed by atoms with Crippen LogP contribution in [0.2, 0.25) is 0 Å². The molecule has 0 unspecified atom stereocenters. The Hall–Kier alpha value is -2.46. The van der Waals surface area contributed by atoms with Gasteiger partial charge < -0.3 is 0 Å². The topological polar surface area (TPSA) is 46.5 Å². The fourth-order valence-corrected chi connectivity index (χ4v) is 4.34. The number of hydrogen-bond donors (Lipinski definition) is 0. The van der Waals surface area contributed by atoms with Crippen molar-refractivity contribution in [3.63, 3.8) is 0 Å². The van der Waals surface area contributed by atoms with Crippen molar-refractivity contribution >= 4 is 27.0 Å². The third-order valence-corrected chi connectivity index (χ3v) is 5.52. The summed E-state index contributed by atoms with van der Waals surface area (Å²) in [5.74, 6) is 0. The number of sulfonamides is 1. The number of rotatable bonds is 3. The fourth-order valence-electron chi connectivity index (χ4n) is 3.04. The molecular formula is C20H19NO2S. The molecule has 0 fully saturated rings.